The first kappa shape index (κ1) is 15.1. The minimum atomic E-state index is -3.57. The van der Waals surface area contributed by atoms with Crippen LogP contribution in [0.1, 0.15) is 16.7 Å². The molecule has 2 aromatic carbocycles. The summed E-state index contributed by atoms with van der Waals surface area (Å²) in [5.41, 5.74) is 2.94. The summed E-state index contributed by atoms with van der Waals surface area (Å²) in [7, 11) is -2.12. The quantitative estimate of drug-likeness (QED) is 0.631. The zero-order valence-corrected chi connectivity index (χ0v) is 13.1. The van der Waals surface area contributed by atoms with Crippen LogP contribution in [0.15, 0.2) is 53.4 Å². The van der Waals surface area contributed by atoms with E-state index in [4.69, 9.17) is 0 Å². The maximum atomic E-state index is 12.3. The van der Waals surface area contributed by atoms with E-state index in [2.05, 4.69) is 12.0 Å². The van der Waals surface area contributed by atoms with Crippen molar-refractivity contribution in [2.45, 2.75) is 18.7 Å². The van der Waals surface area contributed by atoms with Crippen molar-refractivity contribution < 1.29 is 8.42 Å². The van der Waals surface area contributed by atoms with Crippen LogP contribution in [0.4, 0.5) is 0 Å². The Labute approximate surface area is 126 Å². The molecule has 2 aromatic rings. The lowest BCUT2D eigenvalue weighted by Crippen LogP contribution is -2.22. The number of rotatable bonds is 2. The Morgan fingerprint density at radius 1 is 0.857 bits per heavy atom. The second-order valence-electron chi connectivity index (χ2n) is 4.89. The number of sulfonamides is 1. The van der Waals surface area contributed by atoms with Gasteiger partial charge >= 0.3 is 0 Å². The van der Waals surface area contributed by atoms with E-state index in [1.165, 1.54) is 7.05 Å². The summed E-state index contributed by atoms with van der Waals surface area (Å²) in [6.07, 6.45) is 0. The van der Waals surface area contributed by atoms with Gasteiger partial charge in [0.15, 0.2) is 0 Å². The molecule has 0 atom stereocenters. The Morgan fingerprint density at radius 3 is 1.86 bits per heavy atom. The molecule has 0 aliphatic carbocycles. The average molecular weight is 299 g/mol. The monoisotopic (exact) mass is 299 g/mol. The largest absolute Gasteiger partial charge is 0.270 e. The molecule has 0 bridgehead atoms. The first-order chi connectivity index (χ1) is 9.89. The zero-order chi connectivity index (χ0) is 15.5. The van der Waals surface area contributed by atoms with Gasteiger partial charge < -0.3 is 0 Å². The molecule has 0 unspecified atom stereocenters. The second kappa shape index (κ2) is 6.02. The van der Waals surface area contributed by atoms with Crippen LogP contribution < -0.4 is 0 Å². The lowest BCUT2D eigenvalue weighted by Gasteiger charge is -2.12. The molecule has 0 saturated carbocycles. The molecule has 0 fully saturated rings. The summed E-state index contributed by atoms with van der Waals surface area (Å²) in [6, 6.07) is 17.0. The standard InChI is InChI=1S/C17H17NO2S/c1-14-4-8-16(9-5-14)12-13-18(3)21(19,20)17-10-6-15(2)7-11-17/h4-11H,1-3H3. The molecule has 4 heteroatoms. The van der Waals surface area contributed by atoms with Gasteiger partial charge in [0.25, 0.3) is 10.0 Å². The van der Waals surface area contributed by atoms with Gasteiger partial charge in [-0.25, -0.2) is 12.7 Å². The molecule has 21 heavy (non-hydrogen) atoms. The molecule has 0 aliphatic rings. The highest BCUT2D eigenvalue weighted by Gasteiger charge is 2.17. The minimum absolute atomic E-state index is 0.244. The molecule has 0 heterocycles. The van der Waals surface area contributed by atoms with Crippen molar-refractivity contribution in [3.63, 3.8) is 0 Å². The number of nitrogens with zero attached hydrogens (tertiary/aromatic N) is 1. The maximum absolute atomic E-state index is 12.3. The fourth-order valence-corrected chi connectivity index (χ4v) is 2.67. The summed E-state index contributed by atoms with van der Waals surface area (Å²) in [4.78, 5) is 0.244. The fourth-order valence-electron chi connectivity index (χ4n) is 1.71. The van der Waals surface area contributed by atoms with Gasteiger partial charge in [-0.2, -0.15) is 0 Å². The lowest BCUT2D eigenvalue weighted by molar-refractivity contribution is 0.547. The van der Waals surface area contributed by atoms with Crippen molar-refractivity contribution in [1.82, 2.24) is 4.31 Å². The van der Waals surface area contributed by atoms with Gasteiger partial charge in [0.1, 0.15) is 0 Å². The van der Waals surface area contributed by atoms with E-state index in [0.717, 1.165) is 21.0 Å². The van der Waals surface area contributed by atoms with E-state index in [1.807, 2.05) is 38.1 Å². The first-order valence-corrected chi connectivity index (χ1v) is 7.97. The van der Waals surface area contributed by atoms with Crippen molar-refractivity contribution in [1.29, 1.82) is 0 Å². The molecular formula is C17H17NO2S. The summed E-state index contributed by atoms with van der Waals surface area (Å²) in [5, 5.41) is 0. The summed E-state index contributed by atoms with van der Waals surface area (Å²) < 4.78 is 25.7. The Bertz CT molecular complexity index is 779. The first-order valence-electron chi connectivity index (χ1n) is 6.53. The number of aryl methyl sites for hydroxylation is 2. The topological polar surface area (TPSA) is 37.4 Å². The second-order valence-corrected chi connectivity index (χ2v) is 6.86. The average Bonchev–Trinajstić information content (AvgIpc) is 2.46. The van der Waals surface area contributed by atoms with Crippen LogP contribution in [-0.2, 0) is 10.0 Å². The molecule has 108 valence electrons. The molecule has 0 amide bonds. The number of hydrogen-bond acceptors (Lipinski definition) is 2. The number of benzene rings is 2. The van der Waals surface area contributed by atoms with Gasteiger partial charge in [-0.1, -0.05) is 35.4 Å². The summed E-state index contributed by atoms with van der Waals surface area (Å²) in [6.45, 7) is 3.91. The molecular weight excluding hydrogens is 282 g/mol. The van der Waals surface area contributed by atoms with Crippen LogP contribution in [0.25, 0.3) is 0 Å². The maximum Gasteiger partial charge on any atom is 0.270 e. The van der Waals surface area contributed by atoms with Crippen LogP contribution in [-0.4, -0.2) is 19.8 Å². The summed E-state index contributed by atoms with van der Waals surface area (Å²) in [5.74, 6) is 2.86. The Hall–Kier alpha value is -2.25. The van der Waals surface area contributed by atoms with Crippen molar-refractivity contribution in [2.24, 2.45) is 0 Å². The lowest BCUT2D eigenvalue weighted by atomic mass is 10.2. The van der Waals surface area contributed by atoms with Gasteiger partial charge in [0.2, 0.25) is 0 Å². The van der Waals surface area contributed by atoms with Crippen molar-refractivity contribution in [3.8, 4) is 12.0 Å². The highest BCUT2D eigenvalue weighted by molar-refractivity contribution is 7.89. The minimum Gasteiger partial charge on any atom is -0.227 e. The van der Waals surface area contributed by atoms with Gasteiger partial charge in [-0.05, 0) is 44.0 Å². The van der Waals surface area contributed by atoms with Gasteiger partial charge in [-0.15, -0.1) is 0 Å². The third-order valence-electron chi connectivity index (χ3n) is 3.09. The van der Waals surface area contributed by atoms with Gasteiger partial charge in [0.05, 0.1) is 4.90 Å². The molecule has 0 spiro atoms. The third kappa shape index (κ3) is 3.65. The predicted molar refractivity (Wildman–Crippen MR) is 84.2 cm³/mol. The van der Waals surface area contributed by atoms with E-state index in [0.29, 0.717) is 0 Å². The van der Waals surface area contributed by atoms with E-state index >= 15 is 0 Å². The van der Waals surface area contributed by atoms with Crippen molar-refractivity contribution in [2.75, 3.05) is 7.05 Å². The zero-order valence-electron chi connectivity index (χ0n) is 12.3. The Morgan fingerprint density at radius 2 is 1.33 bits per heavy atom. The Kier molecular flexibility index (Phi) is 4.35. The molecule has 0 aliphatic heterocycles. The van der Waals surface area contributed by atoms with Crippen LogP contribution in [0.5, 0.6) is 0 Å². The molecule has 0 N–H and O–H groups in total. The highest BCUT2D eigenvalue weighted by atomic mass is 32.2. The molecule has 2 rings (SSSR count). The molecule has 0 radical (unpaired) electrons. The van der Waals surface area contributed by atoms with E-state index in [-0.39, 0.29) is 4.90 Å². The number of hydrogen-bond donors (Lipinski definition) is 0. The van der Waals surface area contributed by atoms with Crippen LogP contribution in [0, 0.1) is 25.8 Å². The van der Waals surface area contributed by atoms with E-state index < -0.39 is 10.0 Å². The van der Waals surface area contributed by atoms with Crippen molar-refractivity contribution >= 4 is 10.0 Å². The fraction of sp³-hybridized carbons (Fsp3) is 0.176. The molecule has 0 aromatic heterocycles. The highest BCUT2D eigenvalue weighted by Crippen LogP contribution is 2.14. The van der Waals surface area contributed by atoms with Crippen molar-refractivity contribution in [3.05, 3.63) is 65.2 Å². The van der Waals surface area contributed by atoms with E-state index in [9.17, 15) is 8.42 Å². The molecule has 0 saturated heterocycles. The van der Waals surface area contributed by atoms with Crippen LogP contribution >= 0.6 is 0 Å². The van der Waals surface area contributed by atoms with E-state index in [1.54, 1.807) is 24.3 Å². The normalized spacial score (nSPS) is 10.6. The SMILES string of the molecule is Cc1ccc(C#CN(C)S(=O)(=O)c2ccc(C)cc2)cc1. The van der Waals surface area contributed by atoms with Gasteiger partial charge in [0, 0.05) is 18.7 Å². The van der Waals surface area contributed by atoms with Crippen LogP contribution in [0.2, 0.25) is 0 Å². The predicted octanol–water partition coefficient (Wildman–Crippen LogP) is 2.93. The molecule has 3 nitrogen and oxygen atoms in total. The third-order valence-corrected chi connectivity index (χ3v) is 4.77. The summed E-state index contributed by atoms with van der Waals surface area (Å²) >= 11 is 0. The van der Waals surface area contributed by atoms with Gasteiger partial charge in [-0.3, -0.25) is 0 Å². The Balaban J connectivity index is 2.25. The smallest absolute Gasteiger partial charge is 0.227 e. The van der Waals surface area contributed by atoms with Crippen LogP contribution in [0.3, 0.4) is 0 Å².